The number of hydrogen-bond acceptors (Lipinski definition) is 5. The summed E-state index contributed by atoms with van der Waals surface area (Å²) in [5, 5.41) is 12.3. The van der Waals surface area contributed by atoms with Gasteiger partial charge < -0.3 is 4.74 Å². The van der Waals surface area contributed by atoms with Gasteiger partial charge in [0.15, 0.2) is 17.3 Å². The number of rotatable bonds is 5. The van der Waals surface area contributed by atoms with Gasteiger partial charge in [0.1, 0.15) is 6.54 Å². The van der Waals surface area contributed by atoms with E-state index in [2.05, 4.69) is 15.4 Å². The van der Waals surface area contributed by atoms with Crippen LogP contribution in [0.2, 0.25) is 5.02 Å². The average molecular weight is 347 g/mol. The van der Waals surface area contributed by atoms with Crippen LogP contribution in [0.3, 0.4) is 0 Å². The predicted molar refractivity (Wildman–Crippen MR) is 85.5 cm³/mol. The van der Waals surface area contributed by atoms with Crippen LogP contribution < -0.4 is 4.74 Å². The van der Waals surface area contributed by atoms with Crippen LogP contribution >= 0.6 is 11.6 Å². The van der Waals surface area contributed by atoms with Crippen molar-refractivity contribution in [1.82, 2.24) is 20.2 Å². The molecule has 1 aromatic heterocycles. The molecule has 8 heteroatoms. The number of halogens is 2. The molecule has 0 atom stereocenters. The molecular weight excluding hydrogens is 335 g/mol. The van der Waals surface area contributed by atoms with Crippen LogP contribution in [0.1, 0.15) is 10.4 Å². The monoisotopic (exact) mass is 346 g/mol. The smallest absolute Gasteiger partial charge is 0.206 e. The third-order valence-electron chi connectivity index (χ3n) is 3.33. The Morgan fingerprint density at radius 3 is 2.79 bits per heavy atom. The van der Waals surface area contributed by atoms with Gasteiger partial charge in [0.25, 0.3) is 0 Å². The van der Waals surface area contributed by atoms with Gasteiger partial charge >= 0.3 is 0 Å². The summed E-state index contributed by atoms with van der Waals surface area (Å²) >= 11 is 6.08. The zero-order chi connectivity index (χ0) is 17.1. The topological polar surface area (TPSA) is 69.9 Å². The van der Waals surface area contributed by atoms with Crippen molar-refractivity contribution in [2.75, 3.05) is 7.11 Å². The van der Waals surface area contributed by atoms with Gasteiger partial charge in [0.05, 0.1) is 12.1 Å². The van der Waals surface area contributed by atoms with E-state index in [0.717, 1.165) is 10.9 Å². The highest BCUT2D eigenvalue weighted by Gasteiger charge is 2.14. The van der Waals surface area contributed by atoms with E-state index in [-0.39, 0.29) is 23.6 Å². The van der Waals surface area contributed by atoms with Gasteiger partial charge in [-0.3, -0.25) is 4.79 Å². The molecule has 0 radical (unpaired) electrons. The van der Waals surface area contributed by atoms with Crippen LogP contribution in [-0.2, 0) is 6.54 Å². The van der Waals surface area contributed by atoms with Crippen LogP contribution in [0.25, 0.3) is 11.4 Å². The third kappa shape index (κ3) is 3.26. The Morgan fingerprint density at radius 1 is 1.29 bits per heavy atom. The summed E-state index contributed by atoms with van der Waals surface area (Å²) in [4.78, 5) is 13.4. The number of hydrogen-bond donors (Lipinski definition) is 0. The van der Waals surface area contributed by atoms with Crippen molar-refractivity contribution in [2.45, 2.75) is 6.54 Å². The molecule has 0 spiro atoms. The molecule has 2 aromatic carbocycles. The lowest BCUT2D eigenvalue weighted by Crippen LogP contribution is -2.13. The van der Waals surface area contributed by atoms with Crippen molar-refractivity contribution in [2.24, 2.45) is 0 Å². The summed E-state index contributed by atoms with van der Waals surface area (Å²) in [6.07, 6.45) is 0. The molecule has 0 unspecified atom stereocenters. The highest BCUT2D eigenvalue weighted by Crippen LogP contribution is 2.23. The summed E-state index contributed by atoms with van der Waals surface area (Å²) in [6.45, 7) is -0.163. The Hall–Kier alpha value is -2.80. The maximum atomic E-state index is 13.7. The number of methoxy groups -OCH3 is 1. The van der Waals surface area contributed by atoms with E-state index >= 15 is 0 Å². The minimum Gasteiger partial charge on any atom is -0.494 e. The highest BCUT2D eigenvalue weighted by atomic mass is 35.5. The van der Waals surface area contributed by atoms with Gasteiger partial charge in [-0.1, -0.05) is 23.7 Å². The molecule has 0 aliphatic heterocycles. The fraction of sp³-hybridized carbons (Fsp3) is 0.125. The molecule has 0 fully saturated rings. The summed E-state index contributed by atoms with van der Waals surface area (Å²) in [7, 11) is 1.36. The van der Waals surface area contributed by atoms with Gasteiger partial charge in [-0.2, -0.15) is 4.80 Å². The van der Waals surface area contributed by atoms with E-state index in [1.54, 1.807) is 24.3 Å². The van der Waals surface area contributed by atoms with Crippen molar-refractivity contribution < 1.29 is 13.9 Å². The number of aromatic nitrogens is 4. The van der Waals surface area contributed by atoms with Gasteiger partial charge in [-0.05, 0) is 35.5 Å². The van der Waals surface area contributed by atoms with Crippen LogP contribution in [0.15, 0.2) is 42.5 Å². The minimum absolute atomic E-state index is 0.0754. The van der Waals surface area contributed by atoms with Crippen molar-refractivity contribution in [3.05, 3.63) is 58.9 Å². The third-order valence-corrected chi connectivity index (χ3v) is 3.66. The van der Waals surface area contributed by atoms with E-state index in [1.807, 2.05) is 0 Å². The van der Waals surface area contributed by atoms with Crippen LogP contribution in [-0.4, -0.2) is 33.1 Å². The average Bonchev–Trinajstić information content (AvgIpc) is 3.03. The Balaban J connectivity index is 1.78. The first-order chi connectivity index (χ1) is 11.6. The molecule has 0 amide bonds. The van der Waals surface area contributed by atoms with Crippen LogP contribution in [0, 0.1) is 5.82 Å². The maximum absolute atomic E-state index is 13.7. The molecule has 0 saturated carbocycles. The summed E-state index contributed by atoms with van der Waals surface area (Å²) in [5.74, 6) is -0.563. The SMILES string of the molecule is COc1ccc(C(=O)Cn2nnc(-c3ccccc3Cl)n2)cc1F. The number of carbonyl (C=O) groups is 1. The standard InChI is InChI=1S/C16H12ClFN4O2/c1-24-15-7-6-10(8-13(15)18)14(23)9-22-20-16(19-21-22)11-4-2-3-5-12(11)17/h2-8H,9H2,1H3. The lowest BCUT2D eigenvalue weighted by atomic mass is 10.1. The quantitative estimate of drug-likeness (QED) is 0.664. The molecule has 3 aromatic rings. The Morgan fingerprint density at radius 2 is 2.08 bits per heavy atom. The lowest BCUT2D eigenvalue weighted by molar-refractivity contribution is 0.0961. The second kappa shape index (κ2) is 6.76. The molecule has 122 valence electrons. The molecule has 1 heterocycles. The second-order valence-corrected chi connectivity index (χ2v) is 5.30. The van der Waals surface area contributed by atoms with E-state index in [1.165, 1.54) is 19.2 Å². The molecular formula is C16H12ClFN4O2. The van der Waals surface area contributed by atoms with Crippen LogP contribution in [0.5, 0.6) is 5.75 Å². The van der Waals surface area contributed by atoms with Crippen LogP contribution in [0.4, 0.5) is 4.39 Å². The lowest BCUT2D eigenvalue weighted by Gasteiger charge is -2.04. The first-order valence-electron chi connectivity index (χ1n) is 6.98. The molecule has 24 heavy (non-hydrogen) atoms. The largest absolute Gasteiger partial charge is 0.494 e. The zero-order valence-electron chi connectivity index (χ0n) is 12.6. The number of benzene rings is 2. The van der Waals surface area contributed by atoms with Crippen molar-refractivity contribution in [3.8, 4) is 17.1 Å². The van der Waals surface area contributed by atoms with E-state index in [4.69, 9.17) is 16.3 Å². The molecule has 0 aliphatic rings. The highest BCUT2D eigenvalue weighted by molar-refractivity contribution is 6.33. The van der Waals surface area contributed by atoms with E-state index < -0.39 is 5.82 Å². The van der Waals surface area contributed by atoms with Crippen molar-refractivity contribution in [3.63, 3.8) is 0 Å². The number of Topliss-reactive ketones (excluding diaryl/α,β-unsaturated/α-hetero) is 1. The first-order valence-corrected chi connectivity index (χ1v) is 7.35. The molecule has 3 rings (SSSR count). The molecule has 6 nitrogen and oxygen atoms in total. The minimum atomic E-state index is -0.605. The molecule has 0 aliphatic carbocycles. The Bertz CT molecular complexity index is 897. The fourth-order valence-electron chi connectivity index (χ4n) is 2.12. The summed E-state index contributed by atoms with van der Waals surface area (Å²) in [6, 6.07) is 11.0. The first kappa shape index (κ1) is 16.1. The zero-order valence-corrected chi connectivity index (χ0v) is 13.4. The van der Waals surface area contributed by atoms with E-state index in [9.17, 15) is 9.18 Å². The number of tetrazole rings is 1. The number of nitrogens with zero attached hydrogens (tertiary/aromatic N) is 4. The fourth-order valence-corrected chi connectivity index (χ4v) is 2.34. The van der Waals surface area contributed by atoms with Gasteiger partial charge in [0.2, 0.25) is 5.82 Å². The van der Waals surface area contributed by atoms with E-state index in [0.29, 0.717) is 16.4 Å². The summed E-state index contributed by atoms with van der Waals surface area (Å²) in [5.41, 5.74) is 0.818. The van der Waals surface area contributed by atoms with Gasteiger partial charge in [-0.25, -0.2) is 4.39 Å². The summed E-state index contributed by atoms with van der Waals surface area (Å²) < 4.78 is 18.5. The Kier molecular flexibility index (Phi) is 4.52. The Labute approximate surface area is 141 Å². The molecule has 0 N–H and O–H groups in total. The molecule has 0 bridgehead atoms. The van der Waals surface area contributed by atoms with Gasteiger partial charge in [0, 0.05) is 11.1 Å². The number of carbonyl (C=O) groups excluding carboxylic acids is 1. The second-order valence-electron chi connectivity index (χ2n) is 4.90. The van der Waals surface area contributed by atoms with Crippen molar-refractivity contribution >= 4 is 17.4 Å². The predicted octanol–water partition coefficient (Wildman–Crippen LogP) is 3.02. The molecule has 0 saturated heterocycles. The number of ether oxygens (including phenoxy) is 1. The number of ketones is 1. The maximum Gasteiger partial charge on any atom is 0.206 e. The normalized spacial score (nSPS) is 10.6. The van der Waals surface area contributed by atoms with Gasteiger partial charge in [-0.15, -0.1) is 10.2 Å². The van der Waals surface area contributed by atoms with Crippen molar-refractivity contribution in [1.29, 1.82) is 0 Å².